The lowest BCUT2D eigenvalue weighted by Crippen LogP contribution is -2.48. The molecule has 3 nitrogen and oxygen atoms in total. The van der Waals surface area contributed by atoms with Crippen molar-refractivity contribution in [3.63, 3.8) is 0 Å². The normalized spacial score (nSPS) is 26.2. The molecule has 0 amide bonds. The van der Waals surface area contributed by atoms with Crippen LogP contribution in [0.2, 0.25) is 0 Å². The van der Waals surface area contributed by atoms with E-state index in [1.807, 2.05) is 18.2 Å². The summed E-state index contributed by atoms with van der Waals surface area (Å²) >= 11 is 2.43. The quantitative estimate of drug-likeness (QED) is 0.465. The number of fused-ring (bicyclic) bond motifs is 2. The molecule has 2 aromatic rings. The summed E-state index contributed by atoms with van der Waals surface area (Å²) in [5.74, 6) is 0.133. The molecule has 148 valence electrons. The van der Waals surface area contributed by atoms with Crippen LogP contribution in [0.3, 0.4) is 0 Å². The second-order valence-corrected chi connectivity index (χ2v) is 9.19. The number of hydrogen-bond donors (Lipinski definition) is 1. The lowest BCUT2D eigenvalue weighted by molar-refractivity contribution is -0.151. The van der Waals surface area contributed by atoms with Gasteiger partial charge in [-0.3, -0.25) is 4.79 Å². The van der Waals surface area contributed by atoms with Crippen LogP contribution in [0, 0.1) is 9.49 Å². The van der Waals surface area contributed by atoms with E-state index < -0.39 is 0 Å². The number of nitrogens with one attached hydrogen (secondary N) is 1. The summed E-state index contributed by atoms with van der Waals surface area (Å²) in [6.07, 6.45) is 5.08. The summed E-state index contributed by atoms with van der Waals surface area (Å²) < 4.78 is 7.09. The van der Waals surface area contributed by atoms with Crippen molar-refractivity contribution in [1.82, 2.24) is 5.32 Å². The Morgan fingerprint density at radius 1 is 1.18 bits per heavy atom. The van der Waals surface area contributed by atoms with Crippen molar-refractivity contribution in [2.24, 2.45) is 5.92 Å². The Balaban J connectivity index is 1.49. The number of carbonyl (C=O) groups excluding carboxylic acids is 1. The maximum Gasteiger partial charge on any atom is 0.311 e. The van der Waals surface area contributed by atoms with Crippen molar-refractivity contribution >= 4 is 28.6 Å². The predicted octanol–water partition coefficient (Wildman–Crippen LogP) is 4.86. The Labute approximate surface area is 181 Å². The van der Waals surface area contributed by atoms with Crippen LogP contribution in [0.25, 0.3) is 0 Å². The van der Waals surface area contributed by atoms with Crippen LogP contribution in [-0.4, -0.2) is 24.7 Å². The number of piperidine rings is 1. The molecule has 0 aliphatic carbocycles. The van der Waals surface area contributed by atoms with Gasteiger partial charge >= 0.3 is 5.97 Å². The van der Waals surface area contributed by atoms with Crippen molar-refractivity contribution in [1.29, 1.82) is 0 Å². The minimum atomic E-state index is -0.0854. The molecule has 0 saturated carbocycles. The molecular weight excluding hydrogens is 461 g/mol. The monoisotopic (exact) mass is 489 g/mol. The molecule has 4 atom stereocenters. The summed E-state index contributed by atoms with van der Waals surface area (Å²) in [5, 5.41) is 3.66. The fraction of sp³-hybridized carbons (Fsp3) is 0.458. The molecule has 4 rings (SSSR count). The highest BCUT2D eigenvalue weighted by Crippen LogP contribution is 2.42. The van der Waals surface area contributed by atoms with Crippen LogP contribution in [0.1, 0.15) is 48.8 Å². The second kappa shape index (κ2) is 8.95. The Kier molecular flexibility index (Phi) is 6.36. The van der Waals surface area contributed by atoms with Crippen molar-refractivity contribution in [3.05, 3.63) is 68.8 Å². The molecule has 4 heteroatoms. The first-order valence-corrected chi connectivity index (χ1v) is 11.5. The summed E-state index contributed by atoms with van der Waals surface area (Å²) in [7, 11) is 0. The average Bonchev–Trinajstić information content (AvgIpc) is 3.09. The molecular formula is C24H28INO2. The van der Waals surface area contributed by atoms with Crippen LogP contribution in [0.15, 0.2) is 48.5 Å². The Morgan fingerprint density at radius 2 is 2.00 bits per heavy atom. The maximum absolute atomic E-state index is 13.1. The fourth-order valence-electron chi connectivity index (χ4n) is 4.82. The maximum atomic E-state index is 13.1. The van der Waals surface area contributed by atoms with E-state index in [1.165, 1.54) is 26.7 Å². The van der Waals surface area contributed by atoms with Crippen molar-refractivity contribution in [3.8, 4) is 0 Å². The van der Waals surface area contributed by atoms with Crippen molar-refractivity contribution in [2.45, 2.75) is 57.0 Å². The number of benzene rings is 2. The largest absolute Gasteiger partial charge is 0.465 e. The van der Waals surface area contributed by atoms with Gasteiger partial charge in [-0.2, -0.15) is 0 Å². The summed E-state index contributed by atoms with van der Waals surface area (Å²) in [6, 6.07) is 17.8. The first-order valence-electron chi connectivity index (χ1n) is 10.4. The SMILES string of the molecule is CCc1ccc([C@H]2C[C@H]3CCC(N3)C2C(=O)OCCc2ccccc2)cc1I. The zero-order valence-corrected chi connectivity index (χ0v) is 18.5. The van der Waals surface area contributed by atoms with Crippen LogP contribution in [0.5, 0.6) is 0 Å². The van der Waals surface area contributed by atoms with Crippen molar-refractivity contribution in [2.75, 3.05) is 6.61 Å². The van der Waals surface area contributed by atoms with E-state index in [1.54, 1.807) is 0 Å². The molecule has 28 heavy (non-hydrogen) atoms. The topological polar surface area (TPSA) is 38.3 Å². The molecule has 0 radical (unpaired) electrons. The smallest absolute Gasteiger partial charge is 0.311 e. The number of hydrogen-bond acceptors (Lipinski definition) is 3. The van der Waals surface area contributed by atoms with Crippen LogP contribution < -0.4 is 5.32 Å². The van der Waals surface area contributed by atoms with E-state index in [0.717, 1.165) is 25.7 Å². The van der Waals surface area contributed by atoms with Gasteiger partial charge in [-0.05, 0) is 71.0 Å². The highest BCUT2D eigenvalue weighted by molar-refractivity contribution is 14.1. The van der Waals surface area contributed by atoms with Gasteiger partial charge < -0.3 is 10.1 Å². The van der Waals surface area contributed by atoms with Gasteiger partial charge in [0.2, 0.25) is 0 Å². The zero-order chi connectivity index (χ0) is 19.5. The number of ether oxygens (including phenoxy) is 1. The standard InChI is InChI=1S/C24H28INO2/c1-2-17-8-9-18(14-21(17)25)20-15-19-10-11-22(26-19)23(20)24(27)28-13-12-16-6-4-3-5-7-16/h3-9,14,19-20,22-23,26H,2,10-13,15H2,1H3/t19-,20-,22?,23?/m1/s1. The summed E-state index contributed by atoms with van der Waals surface area (Å²) in [6.45, 7) is 2.64. The van der Waals surface area contributed by atoms with Crippen LogP contribution in [0.4, 0.5) is 0 Å². The lowest BCUT2D eigenvalue weighted by atomic mass is 9.77. The third-order valence-electron chi connectivity index (χ3n) is 6.32. The van der Waals surface area contributed by atoms with Gasteiger partial charge in [0.15, 0.2) is 0 Å². The molecule has 2 heterocycles. The van der Waals surface area contributed by atoms with E-state index >= 15 is 0 Å². The molecule has 2 aliphatic rings. The third-order valence-corrected chi connectivity index (χ3v) is 7.32. The van der Waals surface area contributed by atoms with E-state index in [0.29, 0.717) is 12.6 Å². The van der Waals surface area contributed by atoms with Gasteiger partial charge in [-0.1, -0.05) is 49.4 Å². The lowest BCUT2D eigenvalue weighted by Gasteiger charge is -2.36. The Hall–Kier alpha value is -1.40. The van der Waals surface area contributed by atoms with Gasteiger partial charge in [0, 0.05) is 28.0 Å². The minimum absolute atomic E-state index is 0.0339. The van der Waals surface area contributed by atoms with E-state index in [9.17, 15) is 4.79 Å². The average molecular weight is 489 g/mol. The minimum Gasteiger partial charge on any atom is -0.465 e. The first kappa shape index (κ1) is 19.9. The summed E-state index contributed by atoms with van der Waals surface area (Å²) in [4.78, 5) is 13.1. The molecule has 2 saturated heterocycles. The van der Waals surface area contributed by atoms with Crippen LogP contribution in [-0.2, 0) is 22.4 Å². The fourth-order valence-corrected chi connectivity index (χ4v) is 5.74. The number of halogens is 1. The molecule has 2 aliphatic heterocycles. The summed E-state index contributed by atoms with van der Waals surface area (Å²) in [5.41, 5.74) is 3.88. The second-order valence-electron chi connectivity index (χ2n) is 8.02. The van der Waals surface area contributed by atoms with Gasteiger partial charge in [0.05, 0.1) is 12.5 Å². The number of carbonyl (C=O) groups is 1. The Morgan fingerprint density at radius 3 is 2.75 bits per heavy atom. The number of aryl methyl sites for hydroxylation is 1. The highest BCUT2D eigenvalue weighted by Gasteiger charge is 2.46. The molecule has 2 bridgehead atoms. The third kappa shape index (κ3) is 4.28. The predicted molar refractivity (Wildman–Crippen MR) is 120 cm³/mol. The van der Waals surface area contributed by atoms with Gasteiger partial charge in [0.1, 0.15) is 0 Å². The van der Waals surface area contributed by atoms with E-state index in [4.69, 9.17) is 4.74 Å². The first-order chi connectivity index (χ1) is 13.7. The molecule has 2 aromatic carbocycles. The Bertz CT molecular complexity index is 823. The van der Waals surface area contributed by atoms with E-state index in [2.05, 4.69) is 65.2 Å². The molecule has 2 fully saturated rings. The molecule has 0 spiro atoms. The van der Waals surface area contributed by atoms with Crippen LogP contribution >= 0.6 is 22.6 Å². The van der Waals surface area contributed by atoms with Gasteiger partial charge in [-0.25, -0.2) is 0 Å². The number of rotatable bonds is 6. The van der Waals surface area contributed by atoms with Gasteiger partial charge in [-0.15, -0.1) is 0 Å². The molecule has 1 N–H and O–H groups in total. The molecule has 2 unspecified atom stereocenters. The van der Waals surface area contributed by atoms with Gasteiger partial charge in [0.25, 0.3) is 0 Å². The number of esters is 1. The highest BCUT2D eigenvalue weighted by atomic mass is 127. The van der Waals surface area contributed by atoms with E-state index in [-0.39, 0.29) is 23.8 Å². The van der Waals surface area contributed by atoms with Crippen molar-refractivity contribution < 1.29 is 9.53 Å². The molecule has 0 aromatic heterocycles. The zero-order valence-electron chi connectivity index (χ0n) is 16.4.